The summed E-state index contributed by atoms with van der Waals surface area (Å²) in [6.07, 6.45) is -1.46. The molecule has 0 spiro atoms. The predicted octanol–water partition coefficient (Wildman–Crippen LogP) is 3.28. The van der Waals surface area contributed by atoms with Crippen molar-refractivity contribution in [1.82, 2.24) is 4.98 Å². The van der Waals surface area contributed by atoms with E-state index in [1.165, 1.54) is 30.6 Å². The third kappa shape index (κ3) is 3.57. The van der Waals surface area contributed by atoms with Gasteiger partial charge < -0.3 is 5.32 Å². The van der Waals surface area contributed by atoms with Gasteiger partial charge >= 0.3 is 6.18 Å². The summed E-state index contributed by atoms with van der Waals surface area (Å²) in [5.74, 6) is -0.507. The first-order chi connectivity index (χ1) is 9.47. The quantitative estimate of drug-likeness (QED) is 0.937. The van der Waals surface area contributed by atoms with Gasteiger partial charge in [0.25, 0.3) is 0 Å². The van der Waals surface area contributed by atoms with Crippen LogP contribution in [0.5, 0.6) is 0 Å². The average Bonchev–Trinajstić information content (AvgIpc) is 2.39. The Bertz CT molecular complexity index is 597. The lowest BCUT2D eigenvalue weighted by Crippen LogP contribution is -2.18. The number of amides is 1. The van der Waals surface area contributed by atoms with Crippen LogP contribution in [0.2, 0.25) is 0 Å². The number of carbonyl (C=O) groups is 1. The van der Waals surface area contributed by atoms with E-state index in [1.54, 1.807) is 12.1 Å². The predicted molar refractivity (Wildman–Crippen MR) is 68.0 cm³/mol. The van der Waals surface area contributed by atoms with Gasteiger partial charge in [0.15, 0.2) is 0 Å². The van der Waals surface area contributed by atoms with Crippen LogP contribution in [0.3, 0.4) is 0 Å². The average molecular weight is 280 g/mol. The molecule has 104 valence electrons. The van der Waals surface area contributed by atoms with Crippen molar-refractivity contribution in [3.05, 3.63) is 59.9 Å². The van der Waals surface area contributed by atoms with Gasteiger partial charge in [0.2, 0.25) is 5.91 Å². The maximum Gasteiger partial charge on any atom is 0.418 e. The van der Waals surface area contributed by atoms with Crippen molar-refractivity contribution in [2.75, 3.05) is 5.32 Å². The Balaban J connectivity index is 2.13. The number of nitrogens with one attached hydrogen (secondary N) is 1. The molecule has 1 aromatic heterocycles. The lowest BCUT2D eigenvalue weighted by molar-refractivity contribution is -0.137. The van der Waals surface area contributed by atoms with Gasteiger partial charge in [-0.1, -0.05) is 12.1 Å². The summed E-state index contributed by atoms with van der Waals surface area (Å²) in [4.78, 5) is 15.6. The maximum atomic E-state index is 12.8. The van der Waals surface area contributed by atoms with Crippen LogP contribution in [-0.2, 0) is 17.4 Å². The van der Waals surface area contributed by atoms with Gasteiger partial charge in [-0.3, -0.25) is 9.78 Å². The van der Waals surface area contributed by atoms with Crippen molar-refractivity contribution in [2.45, 2.75) is 12.6 Å². The Morgan fingerprint density at radius 1 is 1.10 bits per heavy atom. The normalized spacial score (nSPS) is 11.2. The number of halogens is 3. The Hall–Kier alpha value is -2.37. The number of alkyl halides is 3. The van der Waals surface area contributed by atoms with Crippen molar-refractivity contribution >= 4 is 11.6 Å². The smallest absolute Gasteiger partial charge is 0.325 e. The molecule has 1 amide bonds. The summed E-state index contributed by atoms with van der Waals surface area (Å²) in [6, 6.07) is 8.15. The number of pyridine rings is 1. The number of para-hydroxylation sites is 1. The van der Waals surface area contributed by atoms with Crippen LogP contribution in [0.1, 0.15) is 11.1 Å². The van der Waals surface area contributed by atoms with Gasteiger partial charge in [-0.2, -0.15) is 13.2 Å². The number of hydrogen-bond acceptors (Lipinski definition) is 2. The first kappa shape index (κ1) is 14.0. The van der Waals surface area contributed by atoms with E-state index < -0.39 is 17.6 Å². The highest BCUT2D eigenvalue weighted by Gasteiger charge is 2.33. The summed E-state index contributed by atoms with van der Waals surface area (Å²) in [7, 11) is 0. The molecule has 3 nitrogen and oxygen atoms in total. The van der Waals surface area contributed by atoms with Gasteiger partial charge in [-0.15, -0.1) is 0 Å². The first-order valence-corrected chi connectivity index (χ1v) is 5.82. The molecular formula is C14H11F3N2O. The molecule has 0 saturated heterocycles. The van der Waals surface area contributed by atoms with E-state index in [0.717, 1.165) is 6.07 Å². The summed E-state index contributed by atoms with van der Waals surface area (Å²) >= 11 is 0. The Labute approximate surface area is 113 Å². The molecule has 0 atom stereocenters. The summed E-state index contributed by atoms with van der Waals surface area (Å²) in [6.45, 7) is 0. The Morgan fingerprint density at radius 3 is 2.40 bits per heavy atom. The highest BCUT2D eigenvalue weighted by molar-refractivity contribution is 5.93. The van der Waals surface area contributed by atoms with E-state index >= 15 is 0 Å². The molecule has 1 heterocycles. The van der Waals surface area contributed by atoms with Crippen LogP contribution >= 0.6 is 0 Å². The number of nitrogens with zero attached hydrogens (tertiary/aromatic N) is 1. The van der Waals surface area contributed by atoms with Gasteiger partial charge in [-0.25, -0.2) is 0 Å². The van der Waals surface area contributed by atoms with Crippen molar-refractivity contribution in [1.29, 1.82) is 0 Å². The molecule has 6 heteroatoms. The molecular weight excluding hydrogens is 269 g/mol. The third-order valence-electron chi connectivity index (χ3n) is 2.62. The lowest BCUT2D eigenvalue weighted by Gasteiger charge is -2.13. The molecule has 0 bridgehead atoms. The molecule has 0 unspecified atom stereocenters. The molecule has 2 rings (SSSR count). The SMILES string of the molecule is O=C(Cc1ccncc1)Nc1ccccc1C(F)(F)F. The topological polar surface area (TPSA) is 42.0 Å². The Kier molecular flexibility index (Phi) is 4.02. The van der Waals surface area contributed by atoms with Gasteiger partial charge in [0.05, 0.1) is 17.7 Å². The number of rotatable bonds is 3. The second-order valence-electron chi connectivity index (χ2n) is 4.12. The van der Waals surface area contributed by atoms with Crippen LogP contribution in [0.4, 0.5) is 18.9 Å². The fraction of sp³-hybridized carbons (Fsp3) is 0.143. The number of benzene rings is 1. The minimum absolute atomic E-state index is 0.00525. The zero-order valence-corrected chi connectivity index (χ0v) is 10.3. The summed E-state index contributed by atoms with van der Waals surface area (Å²) in [5.41, 5.74) is -0.413. The van der Waals surface area contributed by atoms with Crippen molar-refractivity contribution in [3.63, 3.8) is 0 Å². The van der Waals surface area contributed by atoms with Crippen LogP contribution in [0.25, 0.3) is 0 Å². The highest BCUT2D eigenvalue weighted by atomic mass is 19.4. The second kappa shape index (κ2) is 5.73. The number of anilines is 1. The zero-order valence-electron chi connectivity index (χ0n) is 10.3. The largest absolute Gasteiger partial charge is 0.418 e. The molecule has 1 aromatic carbocycles. The van der Waals surface area contributed by atoms with E-state index in [-0.39, 0.29) is 12.1 Å². The number of aromatic nitrogens is 1. The minimum atomic E-state index is -4.50. The van der Waals surface area contributed by atoms with E-state index in [2.05, 4.69) is 10.3 Å². The van der Waals surface area contributed by atoms with E-state index in [1.807, 2.05) is 0 Å². The molecule has 0 aliphatic carbocycles. The van der Waals surface area contributed by atoms with Gasteiger partial charge in [0, 0.05) is 12.4 Å². The van der Waals surface area contributed by atoms with Crippen LogP contribution in [0, 0.1) is 0 Å². The number of carbonyl (C=O) groups excluding carboxylic acids is 1. The molecule has 0 radical (unpaired) electrons. The minimum Gasteiger partial charge on any atom is -0.325 e. The molecule has 2 aromatic rings. The van der Waals surface area contributed by atoms with Gasteiger partial charge in [-0.05, 0) is 29.8 Å². The molecule has 1 N–H and O–H groups in total. The second-order valence-corrected chi connectivity index (χ2v) is 4.12. The van der Waals surface area contributed by atoms with Crippen LogP contribution in [0.15, 0.2) is 48.8 Å². The molecule has 0 aliphatic rings. The number of hydrogen-bond donors (Lipinski definition) is 1. The standard InChI is InChI=1S/C14H11F3N2O/c15-14(16,17)11-3-1-2-4-12(11)19-13(20)9-10-5-7-18-8-6-10/h1-8H,9H2,(H,19,20). The lowest BCUT2D eigenvalue weighted by atomic mass is 10.1. The van der Waals surface area contributed by atoms with Crippen LogP contribution < -0.4 is 5.32 Å². The zero-order chi connectivity index (χ0) is 14.6. The fourth-order valence-electron chi connectivity index (χ4n) is 1.72. The summed E-state index contributed by atoms with van der Waals surface area (Å²) in [5, 5.41) is 2.29. The maximum absolute atomic E-state index is 12.8. The van der Waals surface area contributed by atoms with E-state index in [0.29, 0.717) is 5.56 Å². The third-order valence-corrected chi connectivity index (χ3v) is 2.62. The van der Waals surface area contributed by atoms with E-state index in [4.69, 9.17) is 0 Å². The summed E-state index contributed by atoms with van der Waals surface area (Å²) < 4.78 is 38.3. The van der Waals surface area contributed by atoms with Gasteiger partial charge in [0.1, 0.15) is 0 Å². The monoisotopic (exact) mass is 280 g/mol. The fourth-order valence-corrected chi connectivity index (χ4v) is 1.72. The van der Waals surface area contributed by atoms with E-state index in [9.17, 15) is 18.0 Å². The van der Waals surface area contributed by atoms with Crippen molar-refractivity contribution in [2.24, 2.45) is 0 Å². The molecule has 20 heavy (non-hydrogen) atoms. The molecule has 0 fully saturated rings. The van der Waals surface area contributed by atoms with Crippen LogP contribution in [-0.4, -0.2) is 10.9 Å². The highest BCUT2D eigenvalue weighted by Crippen LogP contribution is 2.34. The Morgan fingerprint density at radius 2 is 1.75 bits per heavy atom. The van der Waals surface area contributed by atoms with Crippen molar-refractivity contribution in [3.8, 4) is 0 Å². The van der Waals surface area contributed by atoms with Crippen molar-refractivity contribution < 1.29 is 18.0 Å². The molecule has 0 saturated carbocycles. The molecule has 0 aliphatic heterocycles. The first-order valence-electron chi connectivity index (χ1n) is 5.82.